The first-order valence-corrected chi connectivity index (χ1v) is 6.74. The molecule has 2 rings (SSSR count). The molecule has 0 bridgehead atoms. The first-order valence-electron chi connectivity index (χ1n) is 6.74. The maximum Gasteiger partial charge on any atom is 0.190 e. The molecule has 2 N–H and O–H groups in total. The molecule has 1 saturated heterocycles. The molecule has 20 heavy (non-hydrogen) atoms. The van der Waals surface area contributed by atoms with Gasteiger partial charge in [0.1, 0.15) is 5.82 Å². The van der Waals surface area contributed by atoms with Gasteiger partial charge in [-0.1, -0.05) is 6.07 Å². The van der Waals surface area contributed by atoms with Crippen LogP contribution >= 0.6 is 0 Å². The van der Waals surface area contributed by atoms with E-state index in [-0.39, 0.29) is 5.82 Å². The van der Waals surface area contributed by atoms with Crippen molar-refractivity contribution in [1.82, 2.24) is 10.6 Å². The van der Waals surface area contributed by atoms with Crippen LogP contribution in [0.5, 0.6) is 0 Å². The molecule has 0 aliphatic carbocycles. The van der Waals surface area contributed by atoms with Gasteiger partial charge >= 0.3 is 0 Å². The number of anilines is 1. The zero-order valence-corrected chi connectivity index (χ0v) is 11.9. The summed E-state index contributed by atoms with van der Waals surface area (Å²) in [5.41, 5.74) is 1.53. The summed E-state index contributed by atoms with van der Waals surface area (Å²) in [5, 5.41) is 6.02. The van der Waals surface area contributed by atoms with Crippen molar-refractivity contribution in [2.45, 2.75) is 6.54 Å². The maximum atomic E-state index is 14.2. The van der Waals surface area contributed by atoms with Crippen molar-refractivity contribution in [3.05, 3.63) is 29.6 Å². The molecule has 0 saturated carbocycles. The van der Waals surface area contributed by atoms with Crippen molar-refractivity contribution in [2.75, 3.05) is 45.3 Å². The second-order valence-electron chi connectivity index (χ2n) is 4.56. The number of rotatable bonds is 3. The fourth-order valence-corrected chi connectivity index (χ4v) is 2.19. The number of aliphatic imine (C=N–C) groups is 1. The average molecular weight is 280 g/mol. The summed E-state index contributed by atoms with van der Waals surface area (Å²) in [6.45, 7) is 3.32. The molecular formula is C14H21FN4O. The Bertz CT molecular complexity index is 472. The van der Waals surface area contributed by atoms with Crippen LogP contribution in [0.3, 0.4) is 0 Å². The van der Waals surface area contributed by atoms with Crippen LogP contribution < -0.4 is 15.5 Å². The Morgan fingerprint density at radius 2 is 2.15 bits per heavy atom. The summed E-state index contributed by atoms with van der Waals surface area (Å²) in [6, 6.07) is 5.34. The number of benzene rings is 1. The van der Waals surface area contributed by atoms with E-state index < -0.39 is 0 Å². The zero-order chi connectivity index (χ0) is 14.4. The summed E-state index contributed by atoms with van der Waals surface area (Å²) in [7, 11) is 3.48. The topological polar surface area (TPSA) is 48.9 Å². The summed E-state index contributed by atoms with van der Waals surface area (Å²) in [6.07, 6.45) is 0. The van der Waals surface area contributed by atoms with Gasteiger partial charge in [0.25, 0.3) is 0 Å². The molecule has 0 amide bonds. The Labute approximate surface area is 118 Å². The first kappa shape index (κ1) is 14.6. The van der Waals surface area contributed by atoms with Gasteiger partial charge in [0, 0.05) is 33.7 Å². The second-order valence-corrected chi connectivity index (χ2v) is 4.56. The van der Waals surface area contributed by atoms with Crippen LogP contribution in [0.2, 0.25) is 0 Å². The number of nitrogens with one attached hydrogen (secondary N) is 2. The van der Waals surface area contributed by atoms with Crippen molar-refractivity contribution in [3.8, 4) is 0 Å². The number of hydrogen-bond donors (Lipinski definition) is 2. The molecule has 0 atom stereocenters. The van der Waals surface area contributed by atoms with Crippen LogP contribution in [0.1, 0.15) is 5.56 Å². The normalized spacial score (nSPS) is 16.1. The van der Waals surface area contributed by atoms with Crippen molar-refractivity contribution in [1.29, 1.82) is 0 Å². The van der Waals surface area contributed by atoms with E-state index in [4.69, 9.17) is 4.74 Å². The Morgan fingerprint density at radius 3 is 2.75 bits per heavy atom. The van der Waals surface area contributed by atoms with E-state index in [0.717, 1.165) is 18.7 Å². The number of hydrogen-bond acceptors (Lipinski definition) is 3. The number of nitrogens with zero attached hydrogens (tertiary/aromatic N) is 2. The SMILES string of the molecule is CN=C(NC)NCc1ccc(N2CCOCC2)c(F)c1. The number of morpholine rings is 1. The third kappa shape index (κ3) is 3.60. The summed E-state index contributed by atoms with van der Waals surface area (Å²) in [5.74, 6) is 0.494. The minimum absolute atomic E-state index is 0.189. The van der Waals surface area contributed by atoms with Crippen molar-refractivity contribution >= 4 is 11.6 Å². The van der Waals surface area contributed by atoms with Gasteiger partial charge in [0.05, 0.1) is 18.9 Å². The van der Waals surface area contributed by atoms with Crippen LogP contribution in [0.4, 0.5) is 10.1 Å². The summed E-state index contributed by atoms with van der Waals surface area (Å²) >= 11 is 0. The van der Waals surface area contributed by atoms with E-state index in [0.29, 0.717) is 31.4 Å². The van der Waals surface area contributed by atoms with Gasteiger partial charge in [-0.2, -0.15) is 0 Å². The lowest BCUT2D eigenvalue weighted by atomic mass is 10.1. The molecule has 1 aromatic carbocycles. The van der Waals surface area contributed by atoms with Gasteiger partial charge in [0.15, 0.2) is 5.96 Å². The van der Waals surface area contributed by atoms with Gasteiger partial charge < -0.3 is 20.3 Å². The maximum absolute atomic E-state index is 14.2. The highest BCUT2D eigenvalue weighted by Crippen LogP contribution is 2.21. The molecule has 0 spiro atoms. The van der Waals surface area contributed by atoms with E-state index in [9.17, 15) is 4.39 Å². The van der Waals surface area contributed by atoms with Crippen LogP contribution in [0.25, 0.3) is 0 Å². The smallest absolute Gasteiger partial charge is 0.190 e. The lowest BCUT2D eigenvalue weighted by Crippen LogP contribution is -2.37. The summed E-state index contributed by atoms with van der Waals surface area (Å²) in [4.78, 5) is 6.03. The predicted molar refractivity (Wildman–Crippen MR) is 78.7 cm³/mol. The molecule has 0 unspecified atom stereocenters. The number of ether oxygens (including phenoxy) is 1. The fraction of sp³-hybridized carbons (Fsp3) is 0.500. The van der Waals surface area contributed by atoms with E-state index in [1.165, 1.54) is 0 Å². The van der Waals surface area contributed by atoms with E-state index in [1.54, 1.807) is 20.2 Å². The molecule has 1 aliphatic rings. The molecular weight excluding hydrogens is 259 g/mol. The standard InChI is InChI=1S/C14H21FN4O/c1-16-14(17-2)18-10-11-3-4-13(12(15)9-11)19-5-7-20-8-6-19/h3-4,9H,5-8,10H2,1-2H3,(H2,16,17,18). The molecule has 110 valence electrons. The Morgan fingerprint density at radius 1 is 1.40 bits per heavy atom. The number of halogens is 1. The third-order valence-electron chi connectivity index (χ3n) is 3.28. The molecule has 5 nitrogen and oxygen atoms in total. The highest BCUT2D eigenvalue weighted by atomic mass is 19.1. The Kier molecular flexibility index (Phi) is 5.17. The largest absolute Gasteiger partial charge is 0.378 e. The molecule has 1 aromatic rings. The highest BCUT2D eigenvalue weighted by Gasteiger charge is 2.15. The molecule has 1 heterocycles. The van der Waals surface area contributed by atoms with Crippen molar-refractivity contribution in [2.24, 2.45) is 4.99 Å². The zero-order valence-electron chi connectivity index (χ0n) is 11.9. The molecule has 0 aromatic heterocycles. The Balaban J connectivity index is 2.01. The van der Waals surface area contributed by atoms with E-state index >= 15 is 0 Å². The van der Waals surface area contributed by atoms with E-state index in [1.807, 2.05) is 17.0 Å². The van der Waals surface area contributed by atoms with Crippen molar-refractivity contribution < 1.29 is 9.13 Å². The molecule has 1 aliphatic heterocycles. The van der Waals surface area contributed by atoms with Crippen molar-refractivity contribution in [3.63, 3.8) is 0 Å². The quantitative estimate of drug-likeness (QED) is 0.639. The van der Waals surface area contributed by atoms with Crippen LogP contribution in [-0.4, -0.2) is 46.4 Å². The van der Waals surface area contributed by atoms with Gasteiger partial charge in [-0.25, -0.2) is 4.39 Å². The van der Waals surface area contributed by atoms with Gasteiger partial charge in [-0.05, 0) is 17.7 Å². The van der Waals surface area contributed by atoms with Gasteiger partial charge in [-0.15, -0.1) is 0 Å². The van der Waals surface area contributed by atoms with Crippen LogP contribution in [0, 0.1) is 5.82 Å². The van der Waals surface area contributed by atoms with E-state index in [2.05, 4.69) is 15.6 Å². The first-order chi connectivity index (χ1) is 9.74. The second kappa shape index (κ2) is 7.09. The lowest BCUT2D eigenvalue weighted by Gasteiger charge is -2.29. The minimum atomic E-state index is -0.189. The lowest BCUT2D eigenvalue weighted by molar-refractivity contribution is 0.122. The van der Waals surface area contributed by atoms with Crippen LogP contribution in [-0.2, 0) is 11.3 Å². The van der Waals surface area contributed by atoms with Crippen LogP contribution in [0.15, 0.2) is 23.2 Å². The highest BCUT2D eigenvalue weighted by molar-refractivity contribution is 5.79. The average Bonchev–Trinajstić information content (AvgIpc) is 2.49. The van der Waals surface area contributed by atoms with Gasteiger partial charge in [-0.3, -0.25) is 4.99 Å². The minimum Gasteiger partial charge on any atom is -0.378 e. The third-order valence-corrected chi connectivity index (χ3v) is 3.28. The number of guanidine groups is 1. The molecule has 0 radical (unpaired) electrons. The molecule has 1 fully saturated rings. The Hall–Kier alpha value is -1.82. The predicted octanol–water partition coefficient (Wildman–Crippen LogP) is 0.957. The molecule has 6 heteroatoms. The van der Waals surface area contributed by atoms with Gasteiger partial charge in [0.2, 0.25) is 0 Å². The summed E-state index contributed by atoms with van der Waals surface area (Å²) < 4.78 is 19.4. The monoisotopic (exact) mass is 280 g/mol. The fourth-order valence-electron chi connectivity index (χ4n) is 2.19.